The van der Waals surface area contributed by atoms with Gasteiger partial charge in [0.15, 0.2) is 6.23 Å². The van der Waals surface area contributed by atoms with E-state index < -0.39 is 0 Å². The Balaban J connectivity index is 2.32. The van der Waals surface area contributed by atoms with E-state index in [1.807, 2.05) is 11.1 Å². The van der Waals surface area contributed by atoms with Crippen LogP contribution in [0.1, 0.15) is 37.4 Å². The number of nitrogens with zero attached hydrogens (tertiary/aromatic N) is 1. The van der Waals surface area contributed by atoms with E-state index in [0.717, 1.165) is 12.1 Å². The Kier molecular flexibility index (Phi) is 3.30. The number of hydrogen-bond donors (Lipinski definition) is 1. The summed E-state index contributed by atoms with van der Waals surface area (Å²) < 4.78 is 0. The van der Waals surface area contributed by atoms with E-state index >= 15 is 0 Å². The lowest BCUT2D eigenvalue weighted by Gasteiger charge is -2.34. The Morgan fingerprint density at radius 1 is 1.41 bits per heavy atom. The molecule has 0 spiro atoms. The molecule has 0 fully saturated rings. The van der Waals surface area contributed by atoms with Gasteiger partial charge in [-0.2, -0.15) is 0 Å². The first kappa shape index (κ1) is 12.6. The van der Waals surface area contributed by atoms with Gasteiger partial charge in [-0.15, -0.1) is 11.3 Å². The fraction of sp³-hybridized carbons (Fsp3) is 0.538. The topological polar surface area (TPSA) is 38.5 Å². The van der Waals surface area contributed by atoms with Crippen LogP contribution in [-0.2, 0) is 11.3 Å². The predicted octanol–water partition coefficient (Wildman–Crippen LogP) is 2.98. The minimum atomic E-state index is -0.337. The van der Waals surface area contributed by atoms with Gasteiger partial charge in [-0.05, 0) is 45.4 Å². The van der Waals surface area contributed by atoms with Gasteiger partial charge in [0.1, 0.15) is 0 Å². The molecule has 2 heterocycles. The van der Waals surface area contributed by atoms with Crippen molar-refractivity contribution in [2.45, 2.75) is 45.9 Å². The molecule has 3 nitrogen and oxygen atoms in total. The zero-order chi connectivity index (χ0) is 12.6. The SMILES string of the molecule is CCc1ccc(C2=CC(N)ON2C(C)(C)C)s1. The highest BCUT2D eigenvalue weighted by molar-refractivity contribution is 7.13. The van der Waals surface area contributed by atoms with Crippen LogP contribution in [-0.4, -0.2) is 16.8 Å². The van der Waals surface area contributed by atoms with Crippen LogP contribution in [0.25, 0.3) is 5.70 Å². The molecule has 17 heavy (non-hydrogen) atoms. The standard InChI is InChI=1S/C13H20N2OS/c1-5-9-6-7-11(17-9)10-8-12(14)16-15(10)13(2,3)4/h6-8,12H,5,14H2,1-4H3. The van der Waals surface area contributed by atoms with Crippen molar-refractivity contribution in [2.75, 3.05) is 0 Å². The molecule has 0 aromatic carbocycles. The van der Waals surface area contributed by atoms with Crippen LogP contribution in [0, 0.1) is 0 Å². The molecule has 0 aliphatic carbocycles. The van der Waals surface area contributed by atoms with Crippen LogP contribution in [0.15, 0.2) is 18.2 Å². The minimum absolute atomic E-state index is 0.0870. The number of nitrogens with two attached hydrogens (primary N) is 1. The summed E-state index contributed by atoms with van der Waals surface area (Å²) in [5.41, 5.74) is 6.86. The van der Waals surface area contributed by atoms with Gasteiger partial charge in [-0.1, -0.05) is 6.92 Å². The fourth-order valence-electron chi connectivity index (χ4n) is 1.84. The largest absolute Gasteiger partial charge is 0.301 e. The summed E-state index contributed by atoms with van der Waals surface area (Å²) >= 11 is 1.81. The van der Waals surface area contributed by atoms with Crippen molar-refractivity contribution < 1.29 is 4.84 Å². The molecule has 0 saturated heterocycles. The Morgan fingerprint density at radius 3 is 2.65 bits per heavy atom. The van der Waals surface area contributed by atoms with Crippen molar-refractivity contribution in [1.82, 2.24) is 5.06 Å². The van der Waals surface area contributed by atoms with Gasteiger partial charge in [-0.25, -0.2) is 9.90 Å². The third kappa shape index (κ3) is 2.54. The van der Waals surface area contributed by atoms with Crippen LogP contribution in [0.2, 0.25) is 0 Å². The van der Waals surface area contributed by atoms with Crippen molar-refractivity contribution in [3.63, 3.8) is 0 Å². The summed E-state index contributed by atoms with van der Waals surface area (Å²) in [6, 6.07) is 4.32. The van der Waals surface area contributed by atoms with Crippen LogP contribution in [0.3, 0.4) is 0 Å². The van der Waals surface area contributed by atoms with E-state index in [2.05, 4.69) is 39.8 Å². The van der Waals surface area contributed by atoms with E-state index in [1.54, 1.807) is 11.3 Å². The Bertz CT molecular complexity index is 431. The average molecular weight is 252 g/mol. The lowest BCUT2D eigenvalue weighted by molar-refractivity contribution is -0.168. The molecule has 1 unspecified atom stereocenters. The van der Waals surface area contributed by atoms with Crippen LogP contribution in [0.5, 0.6) is 0 Å². The number of rotatable bonds is 2. The zero-order valence-corrected chi connectivity index (χ0v) is 11.7. The van der Waals surface area contributed by atoms with Crippen molar-refractivity contribution in [1.29, 1.82) is 0 Å². The van der Waals surface area contributed by atoms with Crippen LogP contribution in [0.4, 0.5) is 0 Å². The number of hydrogen-bond acceptors (Lipinski definition) is 4. The molecule has 94 valence electrons. The molecule has 1 aromatic heterocycles. The highest BCUT2D eigenvalue weighted by Crippen LogP contribution is 2.36. The van der Waals surface area contributed by atoms with Crippen molar-refractivity contribution in [3.8, 4) is 0 Å². The highest BCUT2D eigenvalue weighted by Gasteiger charge is 2.32. The molecular weight excluding hydrogens is 232 g/mol. The third-order valence-corrected chi connectivity index (χ3v) is 3.89. The normalized spacial score (nSPS) is 20.9. The minimum Gasteiger partial charge on any atom is -0.301 e. The van der Waals surface area contributed by atoms with Crippen molar-refractivity contribution >= 4 is 17.0 Å². The molecule has 1 aliphatic rings. The maximum atomic E-state index is 5.85. The first-order chi connectivity index (χ1) is 7.91. The molecule has 0 bridgehead atoms. The molecule has 1 aromatic rings. The summed E-state index contributed by atoms with van der Waals surface area (Å²) in [6.07, 6.45) is 2.72. The fourth-order valence-corrected chi connectivity index (χ4v) is 2.79. The number of hydroxylamine groups is 2. The molecule has 4 heteroatoms. The molecular formula is C13H20N2OS. The number of aryl methyl sites for hydroxylation is 1. The summed E-state index contributed by atoms with van der Waals surface area (Å²) in [7, 11) is 0. The molecule has 2 N–H and O–H groups in total. The Labute approximate surface area is 107 Å². The molecule has 0 radical (unpaired) electrons. The lowest BCUT2D eigenvalue weighted by atomic mass is 10.1. The van der Waals surface area contributed by atoms with Gasteiger partial charge in [0.05, 0.1) is 16.1 Å². The first-order valence-electron chi connectivity index (χ1n) is 5.95. The summed E-state index contributed by atoms with van der Waals surface area (Å²) in [6.45, 7) is 8.52. The highest BCUT2D eigenvalue weighted by atomic mass is 32.1. The second-order valence-electron chi connectivity index (χ2n) is 5.21. The van der Waals surface area contributed by atoms with Gasteiger partial charge in [0.25, 0.3) is 0 Å². The smallest absolute Gasteiger partial charge is 0.155 e. The molecule has 0 saturated carbocycles. The summed E-state index contributed by atoms with van der Waals surface area (Å²) in [5, 5.41) is 1.92. The molecule has 2 rings (SSSR count). The average Bonchev–Trinajstić information content (AvgIpc) is 2.81. The maximum absolute atomic E-state index is 5.85. The van der Waals surface area contributed by atoms with E-state index in [0.29, 0.717) is 0 Å². The van der Waals surface area contributed by atoms with Gasteiger partial charge in [0.2, 0.25) is 0 Å². The summed E-state index contributed by atoms with van der Waals surface area (Å²) in [5.74, 6) is 0. The maximum Gasteiger partial charge on any atom is 0.155 e. The van der Waals surface area contributed by atoms with Gasteiger partial charge in [0, 0.05) is 4.88 Å². The van der Waals surface area contributed by atoms with E-state index in [4.69, 9.17) is 10.6 Å². The third-order valence-electron chi connectivity index (χ3n) is 2.64. The second-order valence-corrected chi connectivity index (χ2v) is 6.37. The van der Waals surface area contributed by atoms with E-state index in [9.17, 15) is 0 Å². The van der Waals surface area contributed by atoms with Gasteiger partial charge in [-0.3, -0.25) is 0 Å². The quantitative estimate of drug-likeness (QED) is 0.879. The van der Waals surface area contributed by atoms with Crippen LogP contribution < -0.4 is 5.73 Å². The molecule has 0 amide bonds. The Morgan fingerprint density at radius 2 is 2.12 bits per heavy atom. The van der Waals surface area contributed by atoms with E-state index in [1.165, 1.54) is 9.75 Å². The van der Waals surface area contributed by atoms with Gasteiger partial charge < -0.3 is 5.73 Å². The molecule has 1 aliphatic heterocycles. The van der Waals surface area contributed by atoms with Crippen molar-refractivity contribution in [2.24, 2.45) is 5.73 Å². The van der Waals surface area contributed by atoms with Gasteiger partial charge >= 0.3 is 0 Å². The molecule has 1 atom stereocenters. The van der Waals surface area contributed by atoms with Crippen molar-refractivity contribution in [3.05, 3.63) is 28.0 Å². The lowest BCUT2D eigenvalue weighted by Crippen LogP contribution is -2.39. The van der Waals surface area contributed by atoms with E-state index in [-0.39, 0.29) is 11.8 Å². The second kappa shape index (κ2) is 4.44. The summed E-state index contributed by atoms with van der Waals surface area (Å²) in [4.78, 5) is 8.27. The first-order valence-corrected chi connectivity index (χ1v) is 6.77. The Hall–Kier alpha value is -0.840. The monoisotopic (exact) mass is 252 g/mol. The number of thiophene rings is 1. The predicted molar refractivity (Wildman–Crippen MR) is 72.3 cm³/mol. The zero-order valence-electron chi connectivity index (χ0n) is 10.9. The van der Waals surface area contributed by atoms with Crippen LogP contribution >= 0.6 is 11.3 Å².